The molecule has 8 nitrogen and oxygen atoms in total. The van der Waals surface area contributed by atoms with E-state index in [1.807, 2.05) is 52.8 Å². The van der Waals surface area contributed by atoms with Crippen LogP contribution in [0.15, 0.2) is 65.8 Å². The Morgan fingerprint density at radius 1 is 0.944 bits per heavy atom. The summed E-state index contributed by atoms with van der Waals surface area (Å²) in [6.45, 7) is 9.85. The number of para-hydroxylation sites is 1. The highest BCUT2D eigenvalue weighted by Crippen LogP contribution is 2.26. The number of hydrogen-bond donors (Lipinski definition) is 1. The Kier molecular flexibility index (Phi) is 8.64. The minimum atomic E-state index is -0.290. The van der Waals surface area contributed by atoms with Gasteiger partial charge in [-0.05, 0) is 37.1 Å². The van der Waals surface area contributed by atoms with Gasteiger partial charge in [0.05, 0.1) is 11.8 Å². The number of carbonyl (C=O) groups excluding carboxylic acids is 2. The lowest BCUT2D eigenvalue weighted by Crippen LogP contribution is -2.49. The van der Waals surface area contributed by atoms with Crippen molar-refractivity contribution in [1.29, 1.82) is 0 Å². The van der Waals surface area contributed by atoms with Crippen LogP contribution in [0.3, 0.4) is 0 Å². The first kappa shape index (κ1) is 25.8. The molecule has 2 amide bonds. The summed E-state index contributed by atoms with van der Waals surface area (Å²) in [5.74, 6) is 1.11. The molecule has 9 heteroatoms. The highest BCUT2D eigenvalue weighted by atomic mass is 32.2. The van der Waals surface area contributed by atoms with Crippen molar-refractivity contribution in [3.8, 4) is 0 Å². The van der Waals surface area contributed by atoms with Crippen LogP contribution in [0.1, 0.15) is 43.0 Å². The fourth-order valence-electron chi connectivity index (χ4n) is 4.35. The third kappa shape index (κ3) is 6.07. The number of anilines is 1. The zero-order valence-corrected chi connectivity index (χ0v) is 21.9. The number of aromatic nitrogens is 3. The van der Waals surface area contributed by atoms with Gasteiger partial charge in [0.1, 0.15) is 0 Å². The molecule has 0 spiro atoms. The number of rotatable bonds is 9. The van der Waals surface area contributed by atoms with Gasteiger partial charge in [-0.15, -0.1) is 10.2 Å². The quantitative estimate of drug-likeness (QED) is 0.444. The molecule has 1 fully saturated rings. The second kappa shape index (κ2) is 12.1. The van der Waals surface area contributed by atoms with Crippen molar-refractivity contribution in [2.75, 3.05) is 36.8 Å². The van der Waals surface area contributed by atoms with Gasteiger partial charge in [-0.1, -0.05) is 62.0 Å². The van der Waals surface area contributed by atoms with E-state index in [1.54, 1.807) is 12.1 Å². The molecule has 0 saturated carbocycles. The molecule has 2 aromatic carbocycles. The van der Waals surface area contributed by atoms with Gasteiger partial charge in [-0.25, -0.2) is 0 Å². The molecule has 1 aliphatic rings. The Labute approximate surface area is 217 Å². The molecule has 0 aliphatic carbocycles. The monoisotopic (exact) mass is 506 g/mol. The molecular formula is C27H34N6O2S. The topological polar surface area (TPSA) is 83.4 Å². The van der Waals surface area contributed by atoms with Gasteiger partial charge in [0.15, 0.2) is 11.0 Å². The lowest BCUT2D eigenvalue weighted by atomic mass is 10.0. The maximum absolute atomic E-state index is 12.9. The van der Waals surface area contributed by atoms with Crippen LogP contribution in [0.25, 0.3) is 0 Å². The third-order valence-electron chi connectivity index (χ3n) is 6.41. The Morgan fingerprint density at radius 3 is 2.19 bits per heavy atom. The molecule has 190 valence electrons. The summed E-state index contributed by atoms with van der Waals surface area (Å²) in [5.41, 5.74) is 1.81. The smallest absolute Gasteiger partial charge is 0.251 e. The summed E-state index contributed by atoms with van der Waals surface area (Å²) in [6.07, 6.45) is 0. The Balaban J connectivity index is 1.37. The van der Waals surface area contributed by atoms with Crippen molar-refractivity contribution >= 4 is 29.3 Å². The van der Waals surface area contributed by atoms with Crippen molar-refractivity contribution in [2.45, 2.75) is 38.5 Å². The average Bonchev–Trinajstić information content (AvgIpc) is 3.33. The number of nitrogens with one attached hydrogen (secondary N) is 1. The predicted molar refractivity (Wildman–Crippen MR) is 143 cm³/mol. The SMILES string of the molecule is CCn1c(SCC(=O)N2CCN(c3ccccc3)CC2)nnc1[C@H](NC(=O)c1ccccc1)C(C)C. The van der Waals surface area contributed by atoms with Gasteiger partial charge in [-0.3, -0.25) is 9.59 Å². The van der Waals surface area contributed by atoms with E-state index in [4.69, 9.17) is 0 Å². The molecule has 1 N–H and O–H groups in total. The minimum Gasteiger partial charge on any atom is -0.368 e. The average molecular weight is 507 g/mol. The second-order valence-electron chi connectivity index (χ2n) is 9.14. The number of benzene rings is 2. The first-order chi connectivity index (χ1) is 17.5. The third-order valence-corrected chi connectivity index (χ3v) is 7.36. The lowest BCUT2D eigenvalue weighted by Gasteiger charge is -2.36. The molecule has 0 radical (unpaired) electrons. The normalized spacial score (nSPS) is 14.7. The van der Waals surface area contributed by atoms with Crippen molar-refractivity contribution in [1.82, 2.24) is 25.0 Å². The molecule has 36 heavy (non-hydrogen) atoms. The fraction of sp³-hybridized carbons (Fsp3) is 0.407. The van der Waals surface area contributed by atoms with Crippen LogP contribution >= 0.6 is 11.8 Å². The van der Waals surface area contributed by atoms with Crippen LogP contribution in [-0.2, 0) is 11.3 Å². The second-order valence-corrected chi connectivity index (χ2v) is 10.1. The molecule has 1 aromatic heterocycles. The maximum atomic E-state index is 12.9. The number of amides is 2. The van der Waals surface area contributed by atoms with Gasteiger partial charge in [0.2, 0.25) is 5.91 Å². The summed E-state index contributed by atoms with van der Waals surface area (Å²) in [5, 5.41) is 12.6. The summed E-state index contributed by atoms with van der Waals surface area (Å²) in [6, 6.07) is 19.2. The number of carbonyl (C=O) groups is 2. The number of nitrogens with zero attached hydrogens (tertiary/aromatic N) is 5. The highest BCUT2D eigenvalue weighted by Gasteiger charge is 2.27. The Bertz CT molecular complexity index is 1140. The maximum Gasteiger partial charge on any atom is 0.251 e. The number of thioether (sulfide) groups is 1. The Hall–Kier alpha value is -3.33. The molecular weight excluding hydrogens is 472 g/mol. The number of piperazine rings is 1. The largest absolute Gasteiger partial charge is 0.368 e. The zero-order chi connectivity index (χ0) is 25.5. The molecule has 4 rings (SSSR count). The van der Waals surface area contributed by atoms with Crippen LogP contribution in [0.5, 0.6) is 0 Å². The summed E-state index contributed by atoms with van der Waals surface area (Å²) >= 11 is 1.41. The van der Waals surface area contributed by atoms with Crippen LogP contribution in [-0.4, -0.2) is 63.4 Å². The standard InChI is InChI=1S/C27H34N6O2S/c1-4-33-25(24(20(2)3)28-26(35)21-11-7-5-8-12-21)29-30-27(33)36-19-23(34)32-17-15-31(16-18-32)22-13-9-6-10-14-22/h5-14,20,24H,4,15-19H2,1-3H3,(H,28,35)/t24-/m1/s1. The van der Waals surface area contributed by atoms with Crippen LogP contribution in [0, 0.1) is 5.92 Å². The van der Waals surface area contributed by atoms with E-state index >= 15 is 0 Å². The van der Waals surface area contributed by atoms with E-state index in [0.29, 0.717) is 41.9 Å². The van der Waals surface area contributed by atoms with E-state index in [2.05, 4.69) is 46.4 Å². The minimum absolute atomic E-state index is 0.109. The van der Waals surface area contributed by atoms with Crippen LogP contribution < -0.4 is 10.2 Å². The lowest BCUT2D eigenvalue weighted by molar-refractivity contribution is -0.128. The van der Waals surface area contributed by atoms with Crippen LogP contribution in [0.4, 0.5) is 5.69 Å². The molecule has 3 aromatic rings. The summed E-state index contributed by atoms with van der Waals surface area (Å²) in [7, 11) is 0. The van der Waals surface area contributed by atoms with Crippen molar-refractivity contribution in [3.05, 3.63) is 72.1 Å². The molecule has 1 saturated heterocycles. The van der Waals surface area contributed by atoms with Crippen molar-refractivity contribution in [2.24, 2.45) is 5.92 Å². The van der Waals surface area contributed by atoms with Gasteiger partial charge >= 0.3 is 0 Å². The molecule has 0 unspecified atom stereocenters. The van der Waals surface area contributed by atoms with Gasteiger partial charge in [0, 0.05) is 44.0 Å². The molecule has 2 heterocycles. The predicted octanol–water partition coefficient (Wildman–Crippen LogP) is 3.87. The van der Waals surface area contributed by atoms with Crippen LogP contribution in [0.2, 0.25) is 0 Å². The van der Waals surface area contributed by atoms with E-state index in [9.17, 15) is 9.59 Å². The Morgan fingerprint density at radius 2 is 1.58 bits per heavy atom. The van der Waals surface area contributed by atoms with E-state index in [-0.39, 0.29) is 23.8 Å². The van der Waals surface area contributed by atoms with Gasteiger partial charge in [0.25, 0.3) is 5.91 Å². The van der Waals surface area contributed by atoms with E-state index < -0.39 is 0 Å². The number of hydrogen-bond acceptors (Lipinski definition) is 6. The molecule has 1 atom stereocenters. The summed E-state index contributed by atoms with van der Waals surface area (Å²) in [4.78, 5) is 30.0. The van der Waals surface area contributed by atoms with Crippen molar-refractivity contribution in [3.63, 3.8) is 0 Å². The first-order valence-corrected chi connectivity index (χ1v) is 13.5. The van der Waals surface area contributed by atoms with Gasteiger partial charge < -0.3 is 19.7 Å². The fourth-order valence-corrected chi connectivity index (χ4v) is 5.26. The molecule has 1 aliphatic heterocycles. The van der Waals surface area contributed by atoms with Crippen molar-refractivity contribution < 1.29 is 9.59 Å². The highest BCUT2D eigenvalue weighted by molar-refractivity contribution is 7.99. The van der Waals surface area contributed by atoms with Gasteiger partial charge in [-0.2, -0.15) is 0 Å². The van der Waals surface area contributed by atoms with E-state index in [0.717, 1.165) is 13.1 Å². The first-order valence-electron chi connectivity index (χ1n) is 12.5. The zero-order valence-electron chi connectivity index (χ0n) is 21.1. The van der Waals surface area contributed by atoms with E-state index in [1.165, 1.54) is 17.4 Å². The summed E-state index contributed by atoms with van der Waals surface area (Å²) < 4.78 is 2.00. The molecule has 0 bridgehead atoms.